The summed E-state index contributed by atoms with van der Waals surface area (Å²) >= 11 is 0. The van der Waals surface area contributed by atoms with Crippen LogP contribution in [0.4, 0.5) is 5.82 Å². The Hall–Kier alpha value is -2.08. The Morgan fingerprint density at radius 3 is 2.56 bits per heavy atom. The second kappa shape index (κ2) is 4.63. The van der Waals surface area contributed by atoms with Crippen LogP contribution in [0, 0.1) is 0 Å². The van der Waals surface area contributed by atoms with Crippen molar-refractivity contribution in [2.75, 3.05) is 5.43 Å². The average Bonchev–Trinajstić information content (AvgIpc) is 2.39. The van der Waals surface area contributed by atoms with E-state index >= 15 is 0 Å². The average molecular weight is 216 g/mol. The van der Waals surface area contributed by atoms with Gasteiger partial charge in [-0.1, -0.05) is 6.92 Å². The molecule has 0 aliphatic carbocycles. The van der Waals surface area contributed by atoms with E-state index in [1.54, 1.807) is 24.5 Å². The Labute approximate surface area is 93.0 Å². The fourth-order valence-electron chi connectivity index (χ4n) is 1.27. The molecule has 3 N–H and O–H groups in total. The molecular weight excluding hydrogens is 204 g/mol. The zero-order valence-electron chi connectivity index (χ0n) is 8.88. The van der Waals surface area contributed by atoms with Gasteiger partial charge in [0, 0.05) is 24.2 Å². The third-order valence-corrected chi connectivity index (χ3v) is 2.06. The first-order valence-corrected chi connectivity index (χ1v) is 4.95. The molecule has 0 saturated heterocycles. The predicted molar refractivity (Wildman–Crippen MR) is 60.2 cm³/mol. The lowest BCUT2D eigenvalue weighted by molar-refractivity contribution is 0.981. The molecule has 2 aromatic heterocycles. The van der Waals surface area contributed by atoms with Crippen molar-refractivity contribution < 1.29 is 0 Å². The molecule has 2 aromatic rings. The highest BCUT2D eigenvalue weighted by Crippen LogP contribution is 2.13. The van der Waals surface area contributed by atoms with Gasteiger partial charge in [0.1, 0.15) is 5.82 Å². The maximum atomic E-state index is 5.34. The number of aryl methyl sites for hydroxylation is 1. The summed E-state index contributed by atoms with van der Waals surface area (Å²) in [5.41, 5.74) is 3.40. The van der Waals surface area contributed by atoms with E-state index < -0.39 is 0 Å². The maximum Gasteiger partial charge on any atom is 0.199 e. The van der Waals surface area contributed by atoms with Crippen molar-refractivity contribution in [1.29, 1.82) is 0 Å². The molecule has 0 aromatic carbocycles. The van der Waals surface area contributed by atoms with Gasteiger partial charge in [0.15, 0.2) is 11.6 Å². The van der Waals surface area contributed by atoms with E-state index in [1.807, 2.05) is 6.92 Å². The zero-order chi connectivity index (χ0) is 11.4. The molecule has 0 unspecified atom stereocenters. The first-order valence-electron chi connectivity index (χ1n) is 4.95. The summed E-state index contributed by atoms with van der Waals surface area (Å²) in [5.74, 6) is 6.88. The molecule has 0 radical (unpaired) electrons. The first kappa shape index (κ1) is 10.4. The largest absolute Gasteiger partial charge is 0.308 e. The van der Waals surface area contributed by atoms with Crippen molar-refractivity contribution in [2.45, 2.75) is 13.3 Å². The van der Waals surface area contributed by atoms with Crippen LogP contribution in [0.15, 0.2) is 24.5 Å². The van der Waals surface area contributed by atoms with Crippen molar-refractivity contribution in [3.63, 3.8) is 0 Å². The minimum atomic E-state index is 0.480. The van der Waals surface area contributed by atoms with E-state index in [0.29, 0.717) is 17.5 Å². The first-order chi connectivity index (χ1) is 7.83. The molecule has 82 valence electrons. The highest BCUT2D eigenvalue weighted by molar-refractivity contribution is 5.48. The Morgan fingerprint density at radius 1 is 1.19 bits per heavy atom. The Morgan fingerprint density at radius 2 is 1.94 bits per heavy atom. The van der Waals surface area contributed by atoms with E-state index in [1.165, 1.54) is 0 Å². The minimum Gasteiger partial charge on any atom is -0.308 e. The summed E-state index contributed by atoms with van der Waals surface area (Å²) in [4.78, 5) is 16.7. The van der Waals surface area contributed by atoms with Gasteiger partial charge in [-0.2, -0.15) is 0 Å². The van der Waals surface area contributed by atoms with Gasteiger partial charge in [0.25, 0.3) is 0 Å². The number of anilines is 1. The predicted octanol–water partition coefficient (Wildman–Crippen LogP) is 0.782. The minimum absolute atomic E-state index is 0.480. The molecule has 0 atom stereocenters. The second-order valence-corrected chi connectivity index (χ2v) is 3.14. The van der Waals surface area contributed by atoms with Crippen LogP contribution in [-0.4, -0.2) is 19.9 Å². The summed E-state index contributed by atoms with van der Waals surface area (Å²) in [7, 11) is 0. The Bertz CT molecular complexity index is 448. The van der Waals surface area contributed by atoms with Gasteiger partial charge in [-0.05, 0) is 12.5 Å². The summed E-state index contributed by atoms with van der Waals surface area (Å²) in [6, 6.07) is 3.54. The third kappa shape index (κ3) is 2.12. The summed E-state index contributed by atoms with van der Waals surface area (Å²) in [6.45, 7) is 2.01. The highest BCUT2D eigenvalue weighted by atomic mass is 15.3. The van der Waals surface area contributed by atoms with E-state index in [9.17, 15) is 0 Å². The van der Waals surface area contributed by atoms with Crippen molar-refractivity contribution >= 4 is 5.82 Å². The number of hydrogen-bond donors (Lipinski definition) is 2. The standard InChI is InChI=1S/C10H12N6/c1-2-7-6-8(16-11)15-10(14-7)9-12-4-3-5-13-9/h3-6H,2,11H2,1H3,(H,14,15,16). The number of nitrogens with two attached hydrogens (primary N) is 1. The number of nitrogens with zero attached hydrogens (tertiary/aromatic N) is 4. The van der Waals surface area contributed by atoms with Gasteiger partial charge in [-0.3, -0.25) is 0 Å². The highest BCUT2D eigenvalue weighted by Gasteiger charge is 2.07. The van der Waals surface area contributed by atoms with E-state index in [-0.39, 0.29) is 0 Å². The molecule has 0 bridgehead atoms. The summed E-state index contributed by atoms with van der Waals surface area (Å²) < 4.78 is 0. The number of hydrogen-bond acceptors (Lipinski definition) is 6. The molecule has 0 aliphatic rings. The zero-order valence-corrected chi connectivity index (χ0v) is 8.88. The molecule has 0 aliphatic heterocycles. The number of rotatable bonds is 3. The lowest BCUT2D eigenvalue weighted by atomic mass is 10.3. The molecular formula is C10H12N6. The number of hydrazine groups is 1. The Balaban J connectivity index is 2.48. The van der Waals surface area contributed by atoms with Crippen LogP contribution in [0.5, 0.6) is 0 Å². The van der Waals surface area contributed by atoms with Crippen molar-refractivity contribution in [3.05, 3.63) is 30.2 Å². The quantitative estimate of drug-likeness (QED) is 0.582. The third-order valence-electron chi connectivity index (χ3n) is 2.06. The normalized spacial score (nSPS) is 10.1. The van der Waals surface area contributed by atoms with E-state index in [0.717, 1.165) is 12.1 Å². The molecule has 6 nitrogen and oxygen atoms in total. The van der Waals surface area contributed by atoms with Crippen molar-refractivity contribution in [1.82, 2.24) is 19.9 Å². The Kier molecular flexibility index (Phi) is 3.02. The topological polar surface area (TPSA) is 89.6 Å². The molecule has 0 fully saturated rings. The lowest BCUT2D eigenvalue weighted by Crippen LogP contribution is -2.11. The van der Waals surface area contributed by atoms with Crippen molar-refractivity contribution in [3.8, 4) is 11.6 Å². The van der Waals surface area contributed by atoms with Crippen LogP contribution in [0.1, 0.15) is 12.6 Å². The van der Waals surface area contributed by atoms with E-state index in [4.69, 9.17) is 5.84 Å². The number of aromatic nitrogens is 4. The maximum absolute atomic E-state index is 5.34. The van der Waals surface area contributed by atoms with Crippen LogP contribution in [0.2, 0.25) is 0 Å². The van der Waals surface area contributed by atoms with Gasteiger partial charge < -0.3 is 5.43 Å². The van der Waals surface area contributed by atoms with Crippen LogP contribution in [0.3, 0.4) is 0 Å². The van der Waals surface area contributed by atoms with Gasteiger partial charge in [-0.15, -0.1) is 0 Å². The van der Waals surface area contributed by atoms with Crippen LogP contribution in [-0.2, 0) is 6.42 Å². The molecule has 0 amide bonds. The van der Waals surface area contributed by atoms with Crippen molar-refractivity contribution in [2.24, 2.45) is 5.84 Å². The SMILES string of the molecule is CCc1cc(NN)nc(-c2ncccn2)n1. The molecule has 2 rings (SSSR count). The van der Waals surface area contributed by atoms with Gasteiger partial charge in [-0.25, -0.2) is 25.8 Å². The monoisotopic (exact) mass is 216 g/mol. The second-order valence-electron chi connectivity index (χ2n) is 3.14. The number of nitrogen functional groups attached to an aromatic ring is 1. The number of nitrogens with one attached hydrogen (secondary N) is 1. The summed E-state index contributed by atoms with van der Waals surface area (Å²) in [5, 5.41) is 0. The summed E-state index contributed by atoms with van der Waals surface area (Å²) in [6.07, 6.45) is 4.11. The molecule has 0 saturated carbocycles. The smallest absolute Gasteiger partial charge is 0.199 e. The van der Waals surface area contributed by atoms with Crippen LogP contribution >= 0.6 is 0 Å². The lowest BCUT2D eigenvalue weighted by Gasteiger charge is -2.04. The molecule has 16 heavy (non-hydrogen) atoms. The molecule has 0 spiro atoms. The van der Waals surface area contributed by atoms with Gasteiger partial charge in [0.2, 0.25) is 0 Å². The molecule has 6 heteroatoms. The fraction of sp³-hybridized carbons (Fsp3) is 0.200. The van der Waals surface area contributed by atoms with E-state index in [2.05, 4.69) is 25.4 Å². The van der Waals surface area contributed by atoms with Gasteiger partial charge in [0.05, 0.1) is 0 Å². The van der Waals surface area contributed by atoms with Gasteiger partial charge >= 0.3 is 0 Å². The molecule has 2 heterocycles. The van der Waals surface area contributed by atoms with Crippen LogP contribution in [0.25, 0.3) is 11.6 Å². The van der Waals surface area contributed by atoms with Crippen LogP contribution < -0.4 is 11.3 Å². The fourth-order valence-corrected chi connectivity index (χ4v) is 1.27.